The summed E-state index contributed by atoms with van der Waals surface area (Å²) in [6, 6.07) is 10.7. The molecule has 1 aliphatic heterocycles. The highest BCUT2D eigenvalue weighted by Gasteiger charge is 2.52. The second-order valence-corrected chi connectivity index (χ2v) is 5.66. The highest BCUT2D eigenvalue weighted by Crippen LogP contribution is 2.53. The van der Waals surface area contributed by atoms with E-state index in [1.165, 1.54) is 24.8 Å². The van der Waals surface area contributed by atoms with Crippen LogP contribution in [0.25, 0.3) is 0 Å². The summed E-state index contributed by atoms with van der Waals surface area (Å²) in [5.74, 6) is 1.37. The van der Waals surface area contributed by atoms with Crippen LogP contribution in [0.2, 0.25) is 0 Å². The van der Waals surface area contributed by atoms with Crippen LogP contribution in [0.3, 0.4) is 0 Å². The molecule has 1 heterocycles. The van der Waals surface area contributed by atoms with Crippen LogP contribution < -0.4 is 5.73 Å². The fourth-order valence-electron chi connectivity index (χ4n) is 3.17. The molecule has 2 atom stereocenters. The predicted octanol–water partition coefficient (Wildman–Crippen LogP) is 2.69. The quantitative estimate of drug-likeness (QED) is 0.868. The summed E-state index contributed by atoms with van der Waals surface area (Å²) in [5.41, 5.74) is 8.00. The summed E-state index contributed by atoms with van der Waals surface area (Å²) in [6.07, 6.45) is 4.73. The first-order valence-corrected chi connectivity index (χ1v) is 6.69. The van der Waals surface area contributed by atoms with Crippen LogP contribution in [0.1, 0.15) is 37.2 Å². The Morgan fingerprint density at radius 3 is 2.59 bits per heavy atom. The smallest absolute Gasteiger partial charge is 0.0468 e. The first-order chi connectivity index (χ1) is 8.28. The van der Waals surface area contributed by atoms with E-state index >= 15 is 0 Å². The van der Waals surface area contributed by atoms with Gasteiger partial charge in [-0.25, -0.2) is 0 Å². The van der Waals surface area contributed by atoms with Gasteiger partial charge >= 0.3 is 0 Å². The average molecular weight is 231 g/mol. The molecule has 1 saturated carbocycles. The van der Waals surface area contributed by atoms with Crippen molar-refractivity contribution in [1.82, 2.24) is 0 Å². The fourth-order valence-corrected chi connectivity index (χ4v) is 3.17. The summed E-state index contributed by atoms with van der Waals surface area (Å²) < 4.78 is 5.41. The monoisotopic (exact) mass is 231 g/mol. The first-order valence-electron chi connectivity index (χ1n) is 6.69. The molecule has 0 amide bonds. The molecule has 3 rings (SSSR count). The van der Waals surface area contributed by atoms with Crippen molar-refractivity contribution in [2.75, 3.05) is 13.2 Å². The zero-order chi connectivity index (χ0) is 11.7. The molecule has 1 saturated heterocycles. The van der Waals surface area contributed by atoms with Crippen LogP contribution in [-0.4, -0.2) is 18.8 Å². The van der Waals surface area contributed by atoms with Gasteiger partial charge in [-0.15, -0.1) is 0 Å². The van der Waals surface area contributed by atoms with Crippen molar-refractivity contribution in [3.8, 4) is 0 Å². The van der Waals surface area contributed by atoms with Crippen molar-refractivity contribution in [2.24, 2.45) is 11.7 Å². The van der Waals surface area contributed by atoms with Gasteiger partial charge in [-0.1, -0.05) is 30.3 Å². The molecule has 2 unspecified atom stereocenters. The molecule has 0 bridgehead atoms. The molecule has 2 nitrogen and oxygen atoms in total. The highest BCUT2D eigenvalue weighted by atomic mass is 16.5. The van der Waals surface area contributed by atoms with Gasteiger partial charge in [0, 0.05) is 24.7 Å². The maximum absolute atomic E-state index is 6.51. The molecular formula is C15H21NO. The van der Waals surface area contributed by atoms with E-state index in [9.17, 15) is 0 Å². The summed E-state index contributed by atoms with van der Waals surface area (Å²) >= 11 is 0. The molecule has 2 N–H and O–H groups in total. The number of rotatable bonds is 3. The Bertz CT molecular complexity index is 372. The lowest BCUT2D eigenvalue weighted by Crippen LogP contribution is -2.30. The van der Waals surface area contributed by atoms with Crippen LogP contribution in [0.15, 0.2) is 30.3 Å². The molecule has 2 aliphatic rings. The number of hydrogen-bond acceptors (Lipinski definition) is 2. The van der Waals surface area contributed by atoms with E-state index < -0.39 is 0 Å². The molecule has 1 aromatic rings. The Kier molecular flexibility index (Phi) is 2.93. The second kappa shape index (κ2) is 4.43. The molecule has 1 aromatic carbocycles. The number of benzene rings is 1. The number of ether oxygens (including phenoxy) is 1. The molecule has 2 heteroatoms. The van der Waals surface area contributed by atoms with Gasteiger partial charge in [0.05, 0.1) is 0 Å². The molecule has 0 radical (unpaired) electrons. The van der Waals surface area contributed by atoms with Gasteiger partial charge in [0.15, 0.2) is 0 Å². The standard InChI is InChI=1S/C15H21NO/c16-15(10-12-6-8-17-9-7-12)11-14(15)13-4-2-1-3-5-13/h1-5,12,14H,6-11,16H2. The summed E-state index contributed by atoms with van der Waals surface area (Å²) in [7, 11) is 0. The van der Waals surface area contributed by atoms with Gasteiger partial charge in [-0.2, -0.15) is 0 Å². The van der Waals surface area contributed by atoms with Crippen molar-refractivity contribution >= 4 is 0 Å². The van der Waals surface area contributed by atoms with E-state index in [1.54, 1.807) is 0 Å². The molecule has 1 aliphatic carbocycles. The Hall–Kier alpha value is -0.860. The van der Waals surface area contributed by atoms with E-state index in [1.807, 2.05) is 0 Å². The SMILES string of the molecule is NC1(CC2CCOCC2)CC1c1ccccc1. The minimum Gasteiger partial charge on any atom is -0.381 e. The lowest BCUT2D eigenvalue weighted by atomic mass is 9.89. The number of hydrogen-bond donors (Lipinski definition) is 1. The normalized spacial score (nSPS) is 33.6. The summed E-state index contributed by atoms with van der Waals surface area (Å²) in [4.78, 5) is 0. The van der Waals surface area contributed by atoms with Crippen molar-refractivity contribution in [3.63, 3.8) is 0 Å². The maximum atomic E-state index is 6.51. The van der Waals surface area contributed by atoms with E-state index in [0.29, 0.717) is 5.92 Å². The van der Waals surface area contributed by atoms with Crippen molar-refractivity contribution in [1.29, 1.82) is 0 Å². The van der Waals surface area contributed by atoms with E-state index in [4.69, 9.17) is 10.5 Å². The summed E-state index contributed by atoms with van der Waals surface area (Å²) in [5, 5.41) is 0. The van der Waals surface area contributed by atoms with Gasteiger partial charge < -0.3 is 10.5 Å². The third-order valence-corrected chi connectivity index (χ3v) is 4.33. The van der Waals surface area contributed by atoms with Crippen molar-refractivity contribution in [2.45, 2.75) is 37.1 Å². The Morgan fingerprint density at radius 1 is 1.18 bits per heavy atom. The summed E-state index contributed by atoms with van der Waals surface area (Å²) in [6.45, 7) is 1.85. The molecular weight excluding hydrogens is 210 g/mol. The fraction of sp³-hybridized carbons (Fsp3) is 0.600. The maximum Gasteiger partial charge on any atom is 0.0468 e. The lowest BCUT2D eigenvalue weighted by Gasteiger charge is -2.25. The third-order valence-electron chi connectivity index (χ3n) is 4.33. The minimum atomic E-state index is 0.0728. The minimum absolute atomic E-state index is 0.0728. The topological polar surface area (TPSA) is 35.2 Å². The van der Waals surface area contributed by atoms with Crippen LogP contribution in [-0.2, 0) is 4.74 Å². The van der Waals surface area contributed by atoms with Crippen LogP contribution in [0.4, 0.5) is 0 Å². The lowest BCUT2D eigenvalue weighted by molar-refractivity contribution is 0.0608. The van der Waals surface area contributed by atoms with Crippen LogP contribution >= 0.6 is 0 Å². The average Bonchev–Trinajstić information content (AvgIpc) is 3.03. The van der Waals surface area contributed by atoms with Gasteiger partial charge in [0.25, 0.3) is 0 Å². The zero-order valence-electron chi connectivity index (χ0n) is 10.3. The van der Waals surface area contributed by atoms with Crippen molar-refractivity contribution in [3.05, 3.63) is 35.9 Å². The molecule has 92 valence electrons. The number of nitrogens with two attached hydrogens (primary N) is 1. The molecule has 17 heavy (non-hydrogen) atoms. The zero-order valence-corrected chi connectivity index (χ0v) is 10.3. The highest BCUT2D eigenvalue weighted by molar-refractivity contribution is 5.32. The second-order valence-electron chi connectivity index (χ2n) is 5.66. The largest absolute Gasteiger partial charge is 0.381 e. The van der Waals surface area contributed by atoms with E-state index in [-0.39, 0.29) is 5.54 Å². The van der Waals surface area contributed by atoms with E-state index in [0.717, 1.165) is 25.6 Å². The molecule has 0 aromatic heterocycles. The van der Waals surface area contributed by atoms with Gasteiger partial charge in [0.1, 0.15) is 0 Å². The van der Waals surface area contributed by atoms with Gasteiger partial charge in [0.2, 0.25) is 0 Å². The predicted molar refractivity (Wildman–Crippen MR) is 68.9 cm³/mol. The molecule has 2 fully saturated rings. The van der Waals surface area contributed by atoms with Crippen molar-refractivity contribution < 1.29 is 4.74 Å². The van der Waals surface area contributed by atoms with Gasteiger partial charge in [-0.3, -0.25) is 0 Å². The van der Waals surface area contributed by atoms with E-state index in [2.05, 4.69) is 30.3 Å². The first kappa shape index (κ1) is 11.2. The Morgan fingerprint density at radius 2 is 1.88 bits per heavy atom. The van der Waals surface area contributed by atoms with Crippen LogP contribution in [0.5, 0.6) is 0 Å². The Balaban J connectivity index is 1.61. The molecule has 0 spiro atoms. The Labute approximate surface area is 103 Å². The van der Waals surface area contributed by atoms with Gasteiger partial charge in [-0.05, 0) is 37.2 Å². The van der Waals surface area contributed by atoms with Crippen LogP contribution in [0, 0.1) is 5.92 Å². The third kappa shape index (κ3) is 2.38.